The van der Waals surface area contributed by atoms with Gasteiger partial charge in [0.15, 0.2) is 0 Å². The normalized spacial score (nSPS) is 8.00. The van der Waals surface area contributed by atoms with Crippen LogP contribution in [0.4, 0.5) is 0 Å². The second kappa shape index (κ2) is 14.6. The van der Waals surface area contributed by atoms with E-state index in [1.54, 1.807) is 12.1 Å². The molecule has 1 aromatic heterocycles. The van der Waals surface area contributed by atoms with Crippen molar-refractivity contribution in [1.82, 2.24) is 4.98 Å². The Labute approximate surface area is 166 Å². The van der Waals surface area contributed by atoms with Gasteiger partial charge in [0.05, 0.1) is 11.2 Å². The summed E-state index contributed by atoms with van der Waals surface area (Å²) in [7, 11) is 0. The van der Waals surface area contributed by atoms with Crippen LogP contribution < -0.4 is 39.4 Å². The van der Waals surface area contributed by atoms with Crippen molar-refractivity contribution in [3.05, 3.63) is 66.4 Å². The zero-order valence-electron chi connectivity index (χ0n) is 13.7. The molecule has 0 aliphatic heterocycles. The van der Waals surface area contributed by atoms with E-state index in [4.69, 9.17) is 4.74 Å². The van der Waals surface area contributed by atoms with E-state index in [-0.39, 0.29) is 62.7 Å². The summed E-state index contributed by atoms with van der Waals surface area (Å²) in [5.41, 5.74) is 1.79. The third-order valence-corrected chi connectivity index (χ3v) is 2.85. The number of para-hydroxylation sites is 1. The van der Waals surface area contributed by atoms with Gasteiger partial charge in [0.1, 0.15) is 12.4 Å². The molecule has 3 rings (SSSR count). The first-order valence-corrected chi connectivity index (χ1v) is 6.06. The zero-order valence-corrected chi connectivity index (χ0v) is 15.7. The molecule has 0 atom stereocenters. The summed E-state index contributed by atoms with van der Waals surface area (Å²) in [5, 5.41) is 12.3. The fraction of sp³-hybridized carbons (Fsp3) is 0.0625. The summed E-state index contributed by atoms with van der Waals surface area (Å²) in [6, 6.07) is 18.3. The minimum atomic E-state index is -0.0519. The molecule has 9 heteroatoms. The number of hydrogen-bond donors (Lipinski definition) is 0. The molecule has 0 unspecified atom stereocenters. The average molecular weight is 363 g/mol. The number of nitrogens with zero attached hydrogens (tertiary/aromatic N) is 1. The number of ether oxygens (including phenoxy) is 1. The van der Waals surface area contributed by atoms with Gasteiger partial charge in [-0.05, 0) is 24.3 Å². The standard InChI is InChI=1S/C16H13NO2.Na.5H2O/c18-14-5-3-6-15(10-14)19-11-13-9-8-12-4-1-2-7-16(12)17-13;;;;;;/h1-10,18H,11H2;;5*1H2/q;+1;;;;;/p-1. The summed E-state index contributed by atoms with van der Waals surface area (Å²) < 4.78 is 5.56. The minimum Gasteiger partial charge on any atom is -0.872 e. The molecule has 0 amide bonds. The molecule has 0 radical (unpaired) electrons. The van der Waals surface area contributed by atoms with Crippen LogP contribution in [0.5, 0.6) is 11.5 Å². The third-order valence-electron chi connectivity index (χ3n) is 2.85. The Hall–Kier alpha value is -1.75. The van der Waals surface area contributed by atoms with Crippen LogP contribution in [-0.4, -0.2) is 32.4 Å². The summed E-state index contributed by atoms with van der Waals surface area (Å²) in [4.78, 5) is 4.51. The maximum atomic E-state index is 11.2. The van der Waals surface area contributed by atoms with Crippen LogP contribution in [0.1, 0.15) is 5.69 Å². The molecule has 8 nitrogen and oxygen atoms in total. The van der Waals surface area contributed by atoms with Gasteiger partial charge in [-0.2, -0.15) is 0 Å². The van der Waals surface area contributed by atoms with Gasteiger partial charge in [0, 0.05) is 5.39 Å². The largest absolute Gasteiger partial charge is 1.00 e. The second-order valence-corrected chi connectivity index (χ2v) is 4.26. The Morgan fingerprint density at radius 2 is 1.48 bits per heavy atom. The van der Waals surface area contributed by atoms with E-state index in [1.807, 2.05) is 36.4 Å². The number of rotatable bonds is 3. The van der Waals surface area contributed by atoms with Crippen LogP contribution >= 0.6 is 0 Å². The summed E-state index contributed by atoms with van der Waals surface area (Å²) >= 11 is 0. The Balaban J connectivity index is -0.000000367. The van der Waals surface area contributed by atoms with E-state index < -0.39 is 0 Å². The van der Waals surface area contributed by atoms with Crippen molar-refractivity contribution < 1.29 is 66.8 Å². The van der Waals surface area contributed by atoms with Crippen molar-refractivity contribution in [2.75, 3.05) is 0 Å². The van der Waals surface area contributed by atoms with Crippen molar-refractivity contribution in [3.8, 4) is 11.5 Å². The van der Waals surface area contributed by atoms with E-state index in [2.05, 4.69) is 4.98 Å². The molecule has 0 fully saturated rings. The van der Waals surface area contributed by atoms with Gasteiger partial charge in [-0.3, -0.25) is 0 Å². The molecule has 0 bridgehead atoms. The van der Waals surface area contributed by atoms with Crippen LogP contribution in [0.25, 0.3) is 10.9 Å². The molecular formula is C16H22NNaO7. The predicted octanol–water partition coefficient (Wildman–Crippen LogP) is -4.23. The van der Waals surface area contributed by atoms with Crippen molar-refractivity contribution in [3.63, 3.8) is 0 Å². The Bertz CT molecular complexity index is 727. The quantitative estimate of drug-likeness (QED) is 0.425. The molecule has 134 valence electrons. The first kappa shape index (κ1) is 31.1. The first-order chi connectivity index (χ1) is 9.31. The van der Waals surface area contributed by atoms with E-state index in [0.717, 1.165) is 16.6 Å². The Morgan fingerprint density at radius 3 is 2.16 bits per heavy atom. The van der Waals surface area contributed by atoms with Crippen LogP contribution in [-0.2, 0) is 6.61 Å². The summed E-state index contributed by atoms with van der Waals surface area (Å²) in [6.45, 7) is 0.355. The summed E-state index contributed by atoms with van der Waals surface area (Å²) in [5.74, 6) is 0.520. The molecule has 0 saturated heterocycles. The molecule has 0 saturated carbocycles. The monoisotopic (exact) mass is 363 g/mol. The van der Waals surface area contributed by atoms with E-state index in [9.17, 15) is 5.11 Å². The molecule has 0 spiro atoms. The third kappa shape index (κ3) is 8.25. The number of pyridine rings is 1. The van der Waals surface area contributed by atoms with Crippen molar-refractivity contribution in [1.29, 1.82) is 0 Å². The minimum absolute atomic E-state index is 0. The molecule has 2 aromatic carbocycles. The van der Waals surface area contributed by atoms with E-state index in [1.165, 1.54) is 12.1 Å². The maximum absolute atomic E-state index is 11.2. The number of fused-ring (bicyclic) bond motifs is 1. The SMILES string of the molecule is O.O.O.O.O.[Na+].[O-]c1cccc(OCc2ccc3ccccc3n2)c1. The fourth-order valence-corrected chi connectivity index (χ4v) is 1.91. The van der Waals surface area contributed by atoms with Gasteiger partial charge in [0.2, 0.25) is 0 Å². The zero-order chi connectivity index (χ0) is 13.1. The average Bonchev–Trinajstić information content (AvgIpc) is 2.45. The predicted molar refractivity (Wildman–Crippen MR) is 90.0 cm³/mol. The molecular weight excluding hydrogens is 341 g/mol. The number of aromatic nitrogens is 1. The van der Waals surface area contributed by atoms with Crippen molar-refractivity contribution in [2.24, 2.45) is 0 Å². The van der Waals surface area contributed by atoms with Crippen LogP contribution in [0.3, 0.4) is 0 Å². The van der Waals surface area contributed by atoms with Crippen LogP contribution in [0, 0.1) is 0 Å². The smallest absolute Gasteiger partial charge is 0.872 e. The molecule has 3 aromatic rings. The number of hydrogen-bond acceptors (Lipinski definition) is 3. The van der Waals surface area contributed by atoms with Crippen LogP contribution in [0.2, 0.25) is 0 Å². The van der Waals surface area contributed by atoms with E-state index >= 15 is 0 Å². The fourth-order valence-electron chi connectivity index (χ4n) is 1.91. The van der Waals surface area contributed by atoms with Gasteiger partial charge in [0.25, 0.3) is 0 Å². The van der Waals surface area contributed by atoms with Gasteiger partial charge in [-0.25, -0.2) is 4.98 Å². The number of benzene rings is 2. The maximum Gasteiger partial charge on any atom is 1.00 e. The van der Waals surface area contributed by atoms with Gasteiger partial charge in [-0.1, -0.05) is 36.4 Å². The molecule has 25 heavy (non-hydrogen) atoms. The van der Waals surface area contributed by atoms with E-state index in [0.29, 0.717) is 12.4 Å². The Morgan fingerprint density at radius 1 is 0.800 bits per heavy atom. The van der Waals surface area contributed by atoms with Crippen LogP contribution in [0.15, 0.2) is 60.7 Å². The Kier molecular flexibility index (Phi) is 18.1. The molecule has 0 aliphatic rings. The van der Waals surface area contributed by atoms with Crippen molar-refractivity contribution >= 4 is 10.9 Å². The van der Waals surface area contributed by atoms with Gasteiger partial charge >= 0.3 is 29.6 Å². The topological polar surface area (TPSA) is 203 Å². The van der Waals surface area contributed by atoms with Gasteiger partial charge < -0.3 is 37.2 Å². The summed E-state index contributed by atoms with van der Waals surface area (Å²) in [6.07, 6.45) is 0. The molecule has 1 heterocycles. The molecule has 0 aliphatic carbocycles. The molecule has 10 N–H and O–H groups in total. The van der Waals surface area contributed by atoms with Crippen molar-refractivity contribution in [2.45, 2.75) is 6.61 Å². The first-order valence-electron chi connectivity index (χ1n) is 6.06. The second-order valence-electron chi connectivity index (χ2n) is 4.26. The van der Waals surface area contributed by atoms with Gasteiger partial charge in [-0.15, -0.1) is 5.75 Å².